The van der Waals surface area contributed by atoms with Gasteiger partial charge >= 0.3 is 5.97 Å². The molecule has 2 rings (SSSR count). The van der Waals surface area contributed by atoms with Crippen LogP contribution < -0.4 is 0 Å². The van der Waals surface area contributed by atoms with Crippen molar-refractivity contribution in [2.24, 2.45) is 0 Å². The zero-order chi connectivity index (χ0) is 12.3. The average molecular weight is 232 g/mol. The van der Waals surface area contributed by atoms with Crippen LogP contribution in [0.25, 0.3) is 5.52 Å². The summed E-state index contributed by atoms with van der Waals surface area (Å²) in [4.78, 5) is 11.7. The zero-order valence-corrected chi connectivity index (χ0v) is 10.1. The lowest BCUT2D eigenvalue weighted by Crippen LogP contribution is -2.04. The highest BCUT2D eigenvalue weighted by Crippen LogP contribution is 2.15. The predicted octanol–water partition coefficient (Wildman–Crippen LogP) is 2.46. The first-order valence-electron chi connectivity index (χ1n) is 5.90. The maximum absolute atomic E-state index is 11.7. The maximum atomic E-state index is 11.7. The van der Waals surface area contributed by atoms with Crippen molar-refractivity contribution in [2.75, 3.05) is 6.61 Å². The summed E-state index contributed by atoms with van der Waals surface area (Å²) in [6.45, 7) is 4.30. The molecule has 2 heterocycles. The van der Waals surface area contributed by atoms with E-state index >= 15 is 0 Å². The van der Waals surface area contributed by atoms with E-state index < -0.39 is 0 Å². The van der Waals surface area contributed by atoms with Crippen LogP contribution in [0.1, 0.15) is 36.3 Å². The third kappa shape index (κ3) is 2.16. The smallest absolute Gasteiger partial charge is 0.341 e. The average Bonchev–Trinajstić information content (AvgIpc) is 2.74. The summed E-state index contributed by atoms with van der Waals surface area (Å²) in [5.41, 5.74) is 2.46. The minimum atomic E-state index is -0.309. The number of carbonyl (C=O) groups is 1. The topological polar surface area (TPSA) is 43.6 Å². The number of aromatic nitrogens is 2. The molecule has 90 valence electrons. The van der Waals surface area contributed by atoms with Crippen molar-refractivity contribution in [2.45, 2.75) is 26.7 Å². The first-order chi connectivity index (χ1) is 8.27. The van der Waals surface area contributed by atoms with E-state index in [0.717, 1.165) is 24.1 Å². The monoisotopic (exact) mass is 232 g/mol. The number of hydrogen-bond donors (Lipinski definition) is 0. The lowest BCUT2D eigenvalue weighted by Gasteiger charge is -2.03. The minimum Gasteiger partial charge on any atom is -0.462 e. The number of esters is 1. The number of ether oxygens (including phenoxy) is 1. The van der Waals surface area contributed by atoms with E-state index in [0.29, 0.717) is 12.2 Å². The Morgan fingerprint density at radius 3 is 2.94 bits per heavy atom. The van der Waals surface area contributed by atoms with Crippen molar-refractivity contribution in [3.05, 3.63) is 35.7 Å². The third-order valence-electron chi connectivity index (χ3n) is 2.62. The Bertz CT molecular complexity index is 531. The Morgan fingerprint density at radius 2 is 2.24 bits per heavy atom. The minimum absolute atomic E-state index is 0.309. The van der Waals surface area contributed by atoms with Gasteiger partial charge in [0.2, 0.25) is 0 Å². The van der Waals surface area contributed by atoms with E-state index in [9.17, 15) is 4.79 Å². The van der Waals surface area contributed by atoms with Gasteiger partial charge in [0.25, 0.3) is 0 Å². The molecule has 0 spiro atoms. The summed E-state index contributed by atoms with van der Waals surface area (Å²) < 4.78 is 6.82. The van der Waals surface area contributed by atoms with Crippen molar-refractivity contribution in [3.8, 4) is 0 Å². The second kappa shape index (κ2) is 4.99. The van der Waals surface area contributed by atoms with Crippen LogP contribution in [0.3, 0.4) is 0 Å². The molecule has 0 atom stereocenters. The van der Waals surface area contributed by atoms with Gasteiger partial charge in [0.15, 0.2) is 0 Å². The Balaban J connectivity index is 2.47. The van der Waals surface area contributed by atoms with Crippen molar-refractivity contribution < 1.29 is 9.53 Å². The van der Waals surface area contributed by atoms with Gasteiger partial charge in [0, 0.05) is 5.69 Å². The molecule has 4 heteroatoms. The van der Waals surface area contributed by atoms with Gasteiger partial charge in [-0.05, 0) is 25.5 Å². The third-order valence-corrected chi connectivity index (χ3v) is 2.62. The molecule has 0 aromatic carbocycles. The number of rotatable bonds is 4. The molecule has 0 unspecified atom stereocenters. The molecule has 0 radical (unpaired) electrons. The first kappa shape index (κ1) is 11.6. The van der Waals surface area contributed by atoms with E-state index in [1.54, 1.807) is 13.1 Å². The normalized spacial score (nSPS) is 10.7. The molecular weight excluding hydrogens is 216 g/mol. The second-order valence-electron chi connectivity index (χ2n) is 3.84. The molecular formula is C13H16N2O2. The molecule has 0 bridgehead atoms. The van der Waals surface area contributed by atoms with Gasteiger partial charge in [0.1, 0.15) is 5.56 Å². The summed E-state index contributed by atoms with van der Waals surface area (Å²) >= 11 is 0. The molecule has 17 heavy (non-hydrogen) atoms. The molecule has 2 aromatic rings. The molecule has 0 aliphatic carbocycles. The van der Waals surface area contributed by atoms with E-state index in [4.69, 9.17) is 4.74 Å². The van der Waals surface area contributed by atoms with Crippen LogP contribution in [-0.2, 0) is 11.2 Å². The molecule has 4 nitrogen and oxygen atoms in total. The Labute approximate surface area is 100 Å². The fourth-order valence-electron chi connectivity index (χ4n) is 1.88. The van der Waals surface area contributed by atoms with Gasteiger partial charge in [-0.1, -0.05) is 19.4 Å². The number of aryl methyl sites for hydroxylation is 1. The Morgan fingerprint density at radius 1 is 1.41 bits per heavy atom. The highest BCUT2D eigenvalue weighted by Gasteiger charge is 2.14. The zero-order valence-electron chi connectivity index (χ0n) is 10.1. The largest absolute Gasteiger partial charge is 0.462 e. The van der Waals surface area contributed by atoms with Crippen molar-refractivity contribution in [1.82, 2.24) is 9.61 Å². The van der Waals surface area contributed by atoms with Crippen LogP contribution in [0.5, 0.6) is 0 Å². The van der Waals surface area contributed by atoms with Crippen LogP contribution in [0, 0.1) is 0 Å². The number of fused-ring (bicyclic) bond motifs is 1. The number of nitrogens with zero attached hydrogens (tertiary/aromatic N) is 2. The Hall–Kier alpha value is -1.84. The molecule has 0 N–H and O–H groups in total. The van der Waals surface area contributed by atoms with Crippen LogP contribution in [-0.4, -0.2) is 22.2 Å². The van der Waals surface area contributed by atoms with Crippen molar-refractivity contribution in [3.63, 3.8) is 0 Å². The highest BCUT2D eigenvalue weighted by molar-refractivity contribution is 5.96. The maximum Gasteiger partial charge on any atom is 0.341 e. The fraction of sp³-hybridized carbons (Fsp3) is 0.385. The van der Waals surface area contributed by atoms with E-state index in [-0.39, 0.29) is 5.97 Å². The van der Waals surface area contributed by atoms with E-state index in [1.165, 1.54) is 0 Å². The summed E-state index contributed by atoms with van der Waals surface area (Å²) in [5.74, 6) is -0.309. The summed E-state index contributed by atoms with van der Waals surface area (Å²) in [5, 5.41) is 4.26. The lowest BCUT2D eigenvalue weighted by atomic mass is 10.2. The van der Waals surface area contributed by atoms with Gasteiger partial charge in [-0.2, -0.15) is 5.10 Å². The Kier molecular flexibility index (Phi) is 3.42. The molecule has 0 saturated heterocycles. The molecule has 0 fully saturated rings. The quantitative estimate of drug-likeness (QED) is 0.760. The van der Waals surface area contributed by atoms with Crippen LogP contribution >= 0.6 is 0 Å². The standard InChI is InChI=1S/C13H16N2O2/c1-3-6-10-7-5-8-12-11(9-14-15(10)12)13(16)17-4-2/h5,7-9H,3-4,6H2,1-2H3. The molecule has 0 saturated carbocycles. The number of hydrogen-bond acceptors (Lipinski definition) is 3. The fourth-order valence-corrected chi connectivity index (χ4v) is 1.88. The first-order valence-corrected chi connectivity index (χ1v) is 5.90. The van der Waals surface area contributed by atoms with Crippen LogP contribution in [0.4, 0.5) is 0 Å². The number of pyridine rings is 1. The summed E-state index contributed by atoms with van der Waals surface area (Å²) in [7, 11) is 0. The second-order valence-corrected chi connectivity index (χ2v) is 3.84. The summed E-state index contributed by atoms with van der Waals surface area (Å²) in [6, 6.07) is 5.86. The van der Waals surface area contributed by atoms with Gasteiger partial charge in [-0.25, -0.2) is 9.31 Å². The SMILES string of the molecule is CCCc1cccc2c(C(=O)OCC)cnn12. The van der Waals surface area contributed by atoms with Gasteiger partial charge < -0.3 is 4.74 Å². The van der Waals surface area contributed by atoms with E-state index in [1.807, 2.05) is 22.7 Å². The highest BCUT2D eigenvalue weighted by atomic mass is 16.5. The van der Waals surface area contributed by atoms with Crippen molar-refractivity contribution in [1.29, 1.82) is 0 Å². The van der Waals surface area contributed by atoms with Gasteiger partial charge in [-0.3, -0.25) is 0 Å². The summed E-state index contributed by atoms with van der Waals surface area (Å²) in [6.07, 6.45) is 3.57. The predicted molar refractivity (Wildman–Crippen MR) is 65.1 cm³/mol. The van der Waals surface area contributed by atoms with Crippen LogP contribution in [0.2, 0.25) is 0 Å². The van der Waals surface area contributed by atoms with Crippen molar-refractivity contribution >= 4 is 11.5 Å². The lowest BCUT2D eigenvalue weighted by molar-refractivity contribution is 0.0528. The molecule has 0 amide bonds. The molecule has 0 aliphatic heterocycles. The van der Waals surface area contributed by atoms with E-state index in [2.05, 4.69) is 12.0 Å². The van der Waals surface area contributed by atoms with Gasteiger partial charge in [0.05, 0.1) is 18.3 Å². The van der Waals surface area contributed by atoms with Gasteiger partial charge in [-0.15, -0.1) is 0 Å². The number of carbonyl (C=O) groups excluding carboxylic acids is 1. The molecule has 2 aromatic heterocycles. The van der Waals surface area contributed by atoms with Crippen LogP contribution in [0.15, 0.2) is 24.4 Å². The molecule has 0 aliphatic rings.